The molecule has 0 bridgehead atoms. The smallest absolute Gasteiger partial charge is 0.408 e. The zero-order valence-corrected chi connectivity index (χ0v) is 28.9. The number of pyridine rings is 1. The molecule has 8 rings (SSSR count). The van der Waals surface area contributed by atoms with Crippen LogP contribution in [0.25, 0.3) is 17.2 Å². The van der Waals surface area contributed by atoms with Gasteiger partial charge in [0.25, 0.3) is 5.91 Å². The summed E-state index contributed by atoms with van der Waals surface area (Å²) in [5, 5.41) is 15.9. The van der Waals surface area contributed by atoms with Crippen molar-refractivity contribution >= 4 is 12.0 Å². The predicted octanol–water partition coefficient (Wildman–Crippen LogP) is 4.81. The molecule has 1 N–H and O–H groups in total. The average molecular weight is 715 g/mol. The lowest BCUT2D eigenvalue weighted by atomic mass is 9.93. The van der Waals surface area contributed by atoms with Gasteiger partial charge in [0.05, 0.1) is 34.9 Å². The first-order valence-corrected chi connectivity index (χ1v) is 17.1. The minimum atomic E-state index is -0.884. The Bertz CT molecular complexity index is 2220. The van der Waals surface area contributed by atoms with Gasteiger partial charge in [-0.2, -0.15) is 20.1 Å². The number of carbonyl (C=O) groups excluding carboxylic acids is 2. The lowest BCUT2D eigenvalue weighted by Crippen LogP contribution is -2.41. The zero-order chi connectivity index (χ0) is 36.5. The van der Waals surface area contributed by atoms with Crippen LogP contribution in [0.2, 0.25) is 0 Å². The normalized spacial score (nSPS) is 17.6. The van der Waals surface area contributed by atoms with Crippen LogP contribution in [0.1, 0.15) is 41.0 Å². The lowest BCUT2D eigenvalue weighted by molar-refractivity contribution is 0.0750. The van der Waals surface area contributed by atoms with E-state index in [1.807, 2.05) is 55.1 Å². The van der Waals surface area contributed by atoms with Gasteiger partial charge in [-0.3, -0.25) is 4.79 Å². The van der Waals surface area contributed by atoms with Gasteiger partial charge in [0.2, 0.25) is 11.8 Å². The van der Waals surface area contributed by atoms with E-state index in [-0.39, 0.29) is 42.8 Å². The highest BCUT2D eigenvalue weighted by Gasteiger charge is 2.59. The van der Waals surface area contributed by atoms with Crippen molar-refractivity contribution in [2.45, 2.75) is 38.6 Å². The number of amides is 2. The van der Waals surface area contributed by atoms with Gasteiger partial charge in [0, 0.05) is 55.1 Å². The summed E-state index contributed by atoms with van der Waals surface area (Å²) in [6.07, 6.45) is 7.27. The number of halogens is 1. The van der Waals surface area contributed by atoms with E-state index in [9.17, 15) is 14.0 Å². The molecule has 0 spiro atoms. The number of hydrogen-bond acceptors (Lipinski definition) is 10. The highest BCUT2D eigenvalue weighted by atomic mass is 19.1. The first kappa shape index (κ1) is 33.6. The number of benzene rings is 2. The van der Waals surface area contributed by atoms with Crippen molar-refractivity contribution in [3.05, 3.63) is 132 Å². The summed E-state index contributed by atoms with van der Waals surface area (Å²) >= 11 is 0. The topological polar surface area (TPSA) is 155 Å². The van der Waals surface area contributed by atoms with E-state index in [1.165, 1.54) is 21.6 Å². The number of carbonyl (C=O) groups is 2. The zero-order valence-electron chi connectivity index (χ0n) is 28.9. The number of fused-ring (bicyclic) bond motifs is 1. The molecule has 0 radical (unpaired) electrons. The summed E-state index contributed by atoms with van der Waals surface area (Å²) < 4.78 is 27.3. The molecule has 5 heterocycles. The Morgan fingerprint density at radius 3 is 2.36 bits per heavy atom. The van der Waals surface area contributed by atoms with Gasteiger partial charge in [0.1, 0.15) is 25.1 Å². The van der Waals surface area contributed by atoms with Gasteiger partial charge in [-0.25, -0.2) is 28.8 Å². The van der Waals surface area contributed by atoms with Crippen molar-refractivity contribution in [2.75, 3.05) is 13.1 Å². The van der Waals surface area contributed by atoms with Crippen LogP contribution in [-0.2, 0) is 23.4 Å². The summed E-state index contributed by atoms with van der Waals surface area (Å²) in [5.41, 5.74) is 2.88. The Kier molecular flexibility index (Phi) is 8.82. The Morgan fingerprint density at radius 2 is 1.64 bits per heavy atom. The standard InChI is InChI=1S/C38H35FN10O4/c1-38(2,45-37(51)52-23-24-7-4-3-5-8-24)26-17-31(25-9-11-27(39)12-10-25)44-33(18-26)53-34-28-19-47(20-29(28)34)35(50)30-21-48(36-40-13-6-14-41-36)46-32(30)22-49-42-15-16-43-49/h3-18,21,28-29,34H,19-20,22-23H2,1-2H3,(H,45,51)/t28-,29+,34?. The van der Waals surface area contributed by atoms with Crippen LogP contribution in [0.5, 0.6) is 5.88 Å². The summed E-state index contributed by atoms with van der Waals surface area (Å²) in [5.74, 6) is 0.385. The maximum absolute atomic E-state index is 13.9. The Labute approximate surface area is 303 Å². The highest BCUT2D eigenvalue weighted by Crippen LogP contribution is 2.48. The second-order valence-corrected chi connectivity index (χ2v) is 13.6. The van der Waals surface area contributed by atoms with Gasteiger partial charge in [-0.15, -0.1) is 0 Å². The van der Waals surface area contributed by atoms with Crippen LogP contribution in [0.15, 0.2) is 104 Å². The number of hydrogen-bond donors (Lipinski definition) is 1. The maximum atomic E-state index is 13.9. The van der Waals surface area contributed by atoms with Crippen molar-refractivity contribution in [1.29, 1.82) is 0 Å². The maximum Gasteiger partial charge on any atom is 0.408 e. The quantitative estimate of drug-likeness (QED) is 0.198. The van der Waals surface area contributed by atoms with Gasteiger partial charge in [0.15, 0.2) is 0 Å². The Hall–Kier alpha value is -6.51. The second kappa shape index (κ2) is 13.9. The number of piperidine rings is 1. The fourth-order valence-electron chi connectivity index (χ4n) is 6.58. The molecule has 4 aromatic heterocycles. The summed E-state index contributed by atoms with van der Waals surface area (Å²) in [7, 11) is 0. The number of nitrogens with zero attached hydrogens (tertiary/aromatic N) is 9. The predicted molar refractivity (Wildman–Crippen MR) is 188 cm³/mol. The van der Waals surface area contributed by atoms with E-state index in [1.54, 1.807) is 55.2 Å². The van der Waals surface area contributed by atoms with Crippen molar-refractivity contribution in [3.63, 3.8) is 0 Å². The minimum absolute atomic E-state index is 0.0986. The third-order valence-corrected chi connectivity index (χ3v) is 9.49. The van der Waals surface area contributed by atoms with Crippen LogP contribution >= 0.6 is 0 Å². The number of aromatic nitrogens is 8. The summed E-state index contributed by atoms with van der Waals surface area (Å²) in [6, 6.07) is 20.8. The van der Waals surface area contributed by atoms with Crippen LogP contribution in [0, 0.1) is 17.7 Å². The molecule has 14 nitrogen and oxygen atoms in total. The molecule has 1 aliphatic heterocycles. The highest BCUT2D eigenvalue weighted by molar-refractivity contribution is 5.95. The fourth-order valence-corrected chi connectivity index (χ4v) is 6.58. The second-order valence-electron chi connectivity index (χ2n) is 13.6. The van der Waals surface area contributed by atoms with Crippen LogP contribution in [0.3, 0.4) is 0 Å². The number of rotatable bonds is 11. The van der Waals surface area contributed by atoms with Crippen molar-refractivity contribution in [2.24, 2.45) is 11.8 Å². The monoisotopic (exact) mass is 714 g/mol. The molecular weight excluding hydrogens is 679 g/mol. The molecule has 15 heteroatoms. The Morgan fingerprint density at radius 1 is 0.925 bits per heavy atom. The molecule has 3 atom stereocenters. The fraction of sp³-hybridized carbons (Fsp3) is 0.263. The first-order valence-electron chi connectivity index (χ1n) is 17.1. The molecule has 2 amide bonds. The SMILES string of the molecule is CC(C)(NC(=O)OCc1ccccc1)c1cc(OC2[C@H]3CN(C(=O)c4cn(-c5ncccn5)nc4Cn4nccn4)C[C@@H]23)nc(-c2ccc(F)cc2)c1. The third-order valence-electron chi connectivity index (χ3n) is 9.49. The van der Waals surface area contributed by atoms with E-state index < -0.39 is 11.6 Å². The number of alkyl carbamates (subject to hydrolysis) is 1. The summed E-state index contributed by atoms with van der Waals surface area (Å²) in [4.78, 5) is 43.4. The number of nitrogens with one attached hydrogen (secondary N) is 1. The summed E-state index contributed by atoms with van der Waals surface area (Å²) in [6.45, 7) is 5.04. The molecule has 2 fully saturated rings. The van der Waals surface area contributed by atoms with E-state index in [2.05, 4.69) is 30.6 Å². The molecule has 1 aliphatic carbocycles. The van der Waals surface area contributed by atoms with E-state index in [4.69, 9.17) is 14.5 Å². The molecule has 6 aromatic rings. The van der Waals surface area contributed by atoms with Crippen molar-refractivity contribution < 1.29 is 23.5 Å². The largest absolute Gasteiger partial charge is 0.474 e. The number of ether oxygens (including phenoxy) is 2. The molecule has 1 unspecified atom stereocenters. The number of likely N-dealkylation sites (tertiary alicyclic amines) is 1. The molecule has 53 heavy (non-hydrogen) atoms. The molecule has 1 saturated heterocycles. The molecule has 2 aromatic carbocycles. The first-order chi connectivity index (χ1) is 25.7. The lowest BCUT2D eigenvalue weighted by Gasteiger charge is -2.27. The van der Waals surface area contributed by atoms with E-state index >= 15 is 0 Å². The van der Waals surface area contributed by atoms with E-state index in [0.717, 1.165) is 11.1 Å². The van der Waals surface area contributed by atoms with Crippen LogP contribution in [-0.4, -0.2) is 75.8 Å². The average Bonchev–Trinajstić information content (AvgIpc) is 3.67. The molecule has 1 saturated carbocycles. The van der Waals surface area contributed by atoms with Gasteiger partial charge in [-0.05, 0) is 61.4 Å². The van der Waals surface area contributed by atoms with Gasteiger partial charge < -0.3 is 19.7 Å². The minimum Gasteiger partial charge on any atom is -0.474 e. The molecular formula is C38H35FN10O4. The molecule has 268 valence electrons. The van der Waals surface area contributed by atoms with Crippen molar-refractivity contribution in [1.82, 2.24) is 49.9 Å². The van der Waals surface area contributed by atoms with Gasteiger partial charge >= 0.3 is 6.09 Å². The van der Waals surface area contributed by atoms with Gasteiger partial charge in [-0.1, -0.05) is 30.3 Å². The molecule has 2 aliphatic rings. The third kappa shape index (κ3) is 7.31. The van der Waals surface area contributed by atoms with E-state index in [0.29, 0.717) is 47.4 Å². The van der Waals surface area contributed by atoms with Crippen molar-refractivity contribution in [3.8, 4) is 23.1 Å². The van der Waals surface area contributed by atoms with Crippen LogP contribution in [0.4, 0.5) is 9.18 Å². The Balaban J connectivity index is 0.979. The van der Waals surface area contributed by atoms with Crippen LogP contribution < -0.4 is 10.1 Å².